The average Bonchev–Trinajstić information content (AvgIpc) is 2.77. The Labute approximate surface area is 99.5 Å². The Morgan fingerprint density at radius 1 is 1.62 bits per heavy atom. The Kier molecular flexibility index (Phi) is 4.92. The summed E-state index contributed by atoms with van der Waals surface area (Å²) in [6.45, 7) is 3.82. The molecule has 1 rings (SSSR count). The van der Waals surface area contributed by atoms with Gasteiger partial charge in [-0.2, -0.15) is 0 Å². The van der Waals surface area contributed by atoms with E-state index in [1.807, 2.05) is 31.4 Å². The molecule has 4 N–H and O–H groups in total. The van der Waals surface area contributed by atoms with Gasteiger partial charge in [0.25, 0.3) is 0 Å². The van der Waals surface area contributed by atoms with Crippen molar-refractivity contribution in [2.45, 2.75) is 25.9 Å². The minimum absolute atomic E-state index is 0.0689. The van der Waals surface area contributed by atoms with Crippen LogP contribution in [0.3, 0.4) is 0 Å². The van der Waals surface area contributed by atoms with Gasteiger partial charge < -0.3 is 16.2 Å². The number of hydrogen-bond donors (Lipinski definition) is 3. The Morgan fingerprint density at radius 2 is 2.31 bits per heavy atom. The molecule has 0 saturated carbocycles. The number of amides is 1. The van der Waals surface area contributed by atoms with Crippen LogP contribution in [0.4, 0.5) is 0 Å². The van der Waals surface area contributed by atoms with Gasteiger partial charge in [0, 0.05) is 4.88 Å². The van der Waals surface area contributed by atoms with E-state index in [0.717, 1.165) is 4.88 Å². The van der Waals surface area contributed by atoms with Crippen LogP contribution in [0, 0.1) is 5.92 Å². The summed E-state index contributed by atoms with van der Waals surface area (Å²) in [5.41, 5.74) is 5.80. The van der Waals surface area contributed by atoms with Gasteiger partial charge in [0.15, 0.2) is 0 Å². The standard InChI is InChI=1S/C11H18N2O2S/c1-7(2)8(6-14)13-11(15)10(12)9-4-3-5-16-9/h3-5,7-8,10,14H,6,12H2,1-2H3,(H,13,15)/t8-,10?/m1/s1. The zero-order valence-electron chi connectivity index (χ0n) is 9.51. The SMILES string of the molecule is CC(C)[C@@H](CO)NC(=O)C(N)c1cccs1. The first-order valence-electron chi connectivity index (χ1n) is 5.26. The number of nitrogens with one attached hydrogen (secondary N) is 1. The molecule has 1 unspecified atom stereocenters. The highest BCUT2D eigenvalue weighted by atomic mass is 32.1. The number of aliphatic hydroxyl groups excluding tert-OH is 1. The van der Waals surface area contributed by atoms with E-state index < -0.39 is 6.04 Å². The highest BCUT2D eigenvalue weighted by Crippen LogP contribution is 2.17. The lowest BCUT2D eigenvalue weighted by molar-refractivity contribution is -0.123. The molecule has 0 saturated heterocycles. The first-order chi connectivity index (χ1) is 7.56. The van der Waals surface area contributed by atoms with Crippen LogP contribution in [-0.2, 0) is 4.79 Å². The van der Waals surface area contributed by atoms with E-state index in [4.69, 9.17) is 10.8 Å². The van der Waals surface area contributed by atoms with Gasteiger partial charge in [-0.25, -0.2) is 0 Å². The van der Waals surface area contributed by atoms with Crippen LogP contribution in [0.25, 0.3) is 0 Å². The van der Waals surface area contributed by atoms with Gasteiger partial charge in [0.2, 0.25) is 5.91 Å². The third-order valence-corrected chi connectivity index (χ3v) is 3.42. The van der Waals surface area contributed by atoms with Crippen molar-refractivity contribution in [1.82, 2.24) is 5.32 Å². The zero-order valence-corrected chi connectivity index (χ0v) is 10.3. The van der Waals surface area contributed by atoms with Gasteiger partial charge in [0.05, 0.1) is 12.6 Å². The van der Waals surface area contributed by atoms with Crippen molar-refractivity contribution in [3.05, 3.63) is 22.4 Å². The number of rotatable bonds is 5. The minimum Gasteiger partial charge on any atom is -0.394 e. The number of hydrogen-bond acceptors (Lipinski definition) is 4. The Hall–Kier alpha value is -0.910. The predicted octanol–water partition coefficient (Wildman–Crippen LogP) is 0.881. The molecule has 4 nitrogen and oxygen atoms in total. The fourth-order valence-electron chi connectivity index (χ4n) is 1.29. The summed E-state index contributed by atoms with van der Waals surface area (Å²) < 4.78 is 0. The summed E-state index contributed by atoms with van der Waals surface area (Å²) in [6, 6.07) is 2.81. The van der Waals surface area contributed by atoms with Crippen LogP contribution in [0.15, 0.2) is 17.5 Å². The molecule has 1 aromatic rings. The van der Waals surface area contributed by atoms with Crippen molar-refractivity contribution < 1.29 is 9.90 Å². The maximum atomic E-state index is 11.8. The number of nitrogens with two attached hydrogens (primary N) is 1. The van der Waals surface area contributed by atoms with Crippen molar-refractivity contribution in [3.8, 4) is 0 Å². The molecule has 16 heavy (non-hydrogen) atoms. The second-order valence-corrected chi connectivity index (χ2v) is 5.01. The first-order valence-corrected chi connectivity index (χ1v) is 6.14. The van der Waals surface area contributed by atoms with Crippen molar-refractivity contribution in [2.75, 3.05) is 6.61 Å². The van der Waals surface area contributed by atoms with Gasteiger partial charge in [-0.15, -0.1) is 11.3 Å². The number of carbonyl (C=O) groups is 1. The van der Waals surface area contributed by atoms with E-state index in [1.54, 1.807) is 0 Å². The molecule has 2 atom stereocenters. The van der Waals surface area contributed by atoms with E-state index in [2.05, 4.69) is 5.32 Å². The normalized spacial score (nSPS) is 14.8. The van der Waals surface area contributed by atoms with Crippen LogP contribution < -0.4 is 11.1 Å². The smallest absolute Gasteiger partial charge is 0.242 e. The van der Waals surface area contributed by atoms with Crippen LogP contribution in [0.5, 0.6) is 0 Å². The van der Waals surface area contributed by atoms with Gasteiger partial charge in [0.1, 0.15) is 6.04 Å². The lowest BCUT2D eigenvalue weighted by Crippen LogP contribution is -2.45. The van der Waals surface area contributed by atoms with Crippen molar-refractivity contribution in [3.63, 3.8) is 0 Å². The molecule has 0 radical (unpaired) electrons. The molecule has 1 amide bonds. The van der Waals surface area contributed by atoms with E-state index in [0.29, 0.717) is 0 Å². The van der Waals surface area contributed by atoms with Crippen LogP contribution in [0.2, 0.25) is 0 Å². The highest BCUT2D eigenvalue weighted by Gasteiger charge is 2.21. The van der Waals surface area contributed by atoms with Crippen LogP contribution >= 0.6 is 11.3 Å². The summed E-state index contributed by atoms with van der Waals surface area (Å²) in [4.78, 5) is 12.6. The molecule has 0 aromatic carbocycles. The first kappa shape index (κ1) is 13.2. The largest absolute Gasteiger partial charge is 0.394 e. The molecule has 1 aromatic heterocycles. The van der Waals surface area contributed by atoms with Crippen molar-refractivity contribution in [1.29, 1.82) is 0 Å². The maximum absolute atomic E-state index is 11.8. The summed E-state index contributed by atoms with van der Waals surface area (Å²) in [6.07, 6.45) is 0. The van der Waals surface area contributed by atoms with Gasteiger partial charge in [-0.05, 0) is 17.4 Å². The molecule has 0 fully saturated rings. The molecule has 5 heteroatoms. The van der Waals surface area contributed by atoms with Gasteiger partial charge in [-0.1, -0.05) is 19.9 Å². The Morgan fingerprint density at radius 3 is 2.75 bits per heavy atom. The topological polar surface area (TPSA) is 75.3 Å². The number of aliphatic hydroxyl groups is 1. The Bertz CT molecular complexity index is 325. The molecular weight excluding hydrogens is 224 g/mol. The number of carbonyl (C=O) groups excluding carboxylic acids is 1. The molecule has 0 spiro atoms. The van der Waals surface area contributed by atoms with E-state index in [9.17, 15) is 4.79 Å². The molecule has 1 heterocycles. The summed E-state index contributed by atoms with van der Waals surface area (Å²) >= 11 is 1.45. The summed E-state index contributed by atoms with van der Waals surface area (Å²) in [5.74, 6) is -0.0558. The number of thiophene rings is 1. The van der Waals surface area contributed by atoms with Gasteiger partial charge >= 0.3 is 0 Å². The lowest BCUT2D eigenvalue weighted by atomic mass is 10.0. The molecule has 0 bridgehead atoms. The molecule has 0 aliphatic carbocycles. The third-order valence-electron chi connectivity index (χ3n) is 2.46. The van der Waals surface area contributed by atoms with Crippen LogP contribution in [-0.4, -0.2) is 23.7 Å². The zero-order chi connectivity index (χ0) is 12.1. The van der Waals surface area contributed by atoms with Gasteiger partial charge in [-0.3, -0.25) is 4.79 Å². The monoisotopic (exact) mass is 242 g/mol. The maximum Gasteiger partial charge on any atom is 0.242 e. The quantitative estimate of drug-likeness (QED) is 0.717. The second-order valence-electron chi connectivity index (χ2n) is 4.03. The molecular formula is C11H18N2O2S. The predicted molar refractivity (Wildman–Crippen MR) is 65.1 cm³/mol. The summed E-state index contributed by atoms with van der Waals surface area (Å²) in [7, 11) is 0. The van der Waals surface area contributed by atoms with E-state index in [-0.39, 0.29) is 24.5 Å². The Balaban J connectivity index is 2.58. The third kappa shape index (κ3) is 3.30. The average molecular weight is 242 g/mol. The molecule has 90 valence electrons. The highest BCUT2D eigenvalue weighted by molar-refractivity contribution is 7.10. The fourth-order valence-corrected chi connectivity index (χ4v) is 2.02. The lowest BCUT2D eigenvalue weighted by Gasteiger charge is -2.21. The van der Waals surface area contributed by atoms with Crippen molar-refractivity contribution >= 4 is 17.2 Å². The minimum atomic E-state index is -0.646. The van der Waals surface area contributed by atoms with E-state index in [1.165, 1.54) is 11.3 Å². The molecule has 0 aliphatic heterocycles. The van der Waals surface area contributed by atoms with Crippen LogP contribution in [0.1, 0.15) is 24.8 Å². The fraction of sp³-hybridized carbons (Fsp3) is 0.545. The van der Waals surface area contributed by atoms with E-state index >= 15 is 0 Å². The second kappa shape index (κ2) is 5.98. The summed E-state index contributed by atoms with van der Waals surface area (Å²) in [5, 5.41) is 13.7. The molecule has 0 aliphatic rings. The van der Waals surface area contributed by atoms with Crippen molar-refractivity contribution in [2.24, 2.45) is 11.7 Å².